The second-order valence-electron chi connectivity index (χ2n) is 3.21. The molecule has 0 aromatic rings. The van der Waals surface area contributed by atoms with Gasteiger partial charge < -0.3 is 4.90 Å². The van der Waals surface area contributed by atoms with Gasteiger partial charge in [0.2, 0.25) is 0 Å². The molecule has 0 atom stereocenters. The van der Waals surface area contributed by atoms with Gasteiger partial charge in [-0.05, 0) is 13.0 Å². The standard InChI is InChI=1S/C7H15NO2S/c1-3-4-8-5-7(6-8)11(2,9)10/h7H,3-6H2,1-2H3. The highest BCUT2D eigenvalue weighted by Crippen LogP contribution is 2.14. The van der Waals surface area contributed by atoms with E-state index >= 15 is 0 Å². The van der Waals surface area contributed by atoms with Crippen LogP contribution in [0, 0.1) is 0 Å². The lowest BCUT2D eigenvalue weighted by atomic mass is 10.2. The number of likely N-dealkylation sites (tertiary alicyclic amines) is 1. The maximum atomic E-state index is 10.9. The molecule has 0 saturated carbocycles. The third kappa shape index (κ3) is 2.17. The van der Waals surface area contributed by atoms with Crippen LogP contribution in [0.15, 0.2) is 0 Å². The van der Waals surface area contributed by atoms with E-state index in [9.17, 15) is 8.42 Å². The molecular formula is C7H15NO2S. The predicted molar refractivity (Wildman–Crippen MR) is 45.4 cm³/mol. The highest BCUT2D eigenvalue weighted by atomic mass is 32.2. The Labute approximate surface area is 68.3 Å². The Balaban J connectivity index is 2.30. The van der Waals surface area contributed by atoms with E-state index in [-0.39, 0.29) is 5.25 Å². The van der Waals surface area contributed by atoms with Gasteiger partial charge >= 0.3 is 0 Å². The number of nitrogens with zero attached hydrogens (tertiary/aromatic N) is 1. The van der Waals surface area contributed by atoms with Crippen molar-refractivity contribution in [3.63, 3.8) is 0 Å². The monoisotopic (exact) mass is 177 g/mol. The van der Waals surface area contributed by atoms with Crippen LogP contribution < -0.4 is 0 Å². The second kappa shape index (κ2) is 3.11. The van der Waals surface area contributed by atoms with Gasteiger partial charge in [0.25, 0.3) is 0 Å². The summed E-state index contributed by atoms with van der Waals surface area (Å²) >= 11 is 0. The van der Waals surface area contributed by atoms with E-state index < -0.39 is 9.84 Å². The summed E-state index contributed by atoms with van der Waals surface area (Å²) in [5, 5.41) is -0.0888. The van der Waals surface area contributed by atoms with Crippen molar-refractivity contribution < 1.29 is 8.42 Å². The lowest BCUT2D eigenvalue weighted by molar-refractivity contribution is 0.185. The summed E-state index contributed by atoms with van der Waals surface area (Å²) in [5.41, 5.74) is 0. The Kier molecular flexibility index (Phi) is 2.54. The molecule has 0 N–H and O–H groups in total. The third-order valence-electron chi connectivity index (χ3n) is 2.07. The molecule has 1 rings (SSSR count). The Hall–Kier alpha value is -0.0900. The highest BCUT2D eigenvalue weighted by Gasteiger charge is 2.33. The normalized spacial score (nSPS) is 21.6. The molecule has 1 aliphatic heterocycles. The minimum absolute atomic E-state index is 0.0888. The topological polar surface area (TPSA) is 37.4 Å². The van der Waals surface area contributed by atoms with Crippen LogP contribution in [0.4, 0.5) is 0 Å². The van der Waals surface area contributed by atoms with E-state index in [0.717, 1.165) is 26.1 Å². The van der Waals surface area contributed by atoms with Gasteiger partial charge in [0.15, 0.2) is 9.84 Å². The Morgan fingerprint density at radius 2 is 2.00 bits per heavy atom. The minimum Gasteiger partial charge on any atom is -0.301 e. The molecule has 0 radical (unpaired) electrons. The summed E-state index contributed by atoms with van der Waals surface area (Å²) in [7, 11) is -2.76. The average Bonchev–Trinajstić information content (AvgIpc) is 1.74. The van der Waals surface area contributed by atoms with E-state index in [0.29, 0.717) is 0 Å². The molecule has 66 valence electrons. The zero-order valence-corrected chi connectivity index (χ0v) is 7.89. The molecule has 0 amide bonds. The zero-order valence-electron chi connectivity index (χ0n) is 7.08. The summed E-state index contributed by atoms with van der Waals surface area (Å²) in [6.07, 6.45) is 2.43. The lowest BCUT2D eigenvalue weighted by Gasteiger charge is -2.37. The first-order chi connectivity index (χ1) is 5.04. The quantitative estimate of drug-likeness (QED) is 0.614. The molecule has 4 heteroatoms. The highest BCUT2D eigenvalue weighted by molar-refractivity contribution is 7.91. The van der Waals surface area contributed by atoms with Gasteiger partial charge in [-0.25, -0.2) is 8.42 Å². The average molecular weight is 177 g/mol. The van der Waals surface area contributed by atoms with Crippen molar-refractivity contribution >= 4 is 9.84 Å². The predicted octanol–water partition coefficient (Wildman–Crippen LogP) is 0.125. The van der Waals surface area contributed by atoms with Crippen LogP contribution in [0.25, 0.3) is 0 Å². The Morgan fingerprint density at radius 3 is 2.36 bits per heavy atom. The van der Waals surface area contributed by atoms with E-state index in [4.69, 9.17) is 0 Å². The summed E-state index contributed by atoms with van der Waals surface area (Å²) in [6.45, 7) is 4.62. The van der Waals surface area contributed by atoms with E-state index in [1.54, 1.807) is 0 Å². The van der Waals surface area contributed by atoms with E-state index in [1.807, 2.05) is 0 Å². The van der Waals surface area contributed by atoms with Crippen molar-refractivity contribution in [2.45, 2.75) is 18.6 Å². The van der Waals surface area contributed by atoms with E-state index in [2.05, 4.69) is 11.8 Å². The zero-order chi connectivity index (χ0) is 8.48. The van der Waals surface area contributed by atoms with E-state index in [1.165, 1.54) is 6.26 Å². The number of sulfone groups is 1. The lowest BCUT2D eigenvalue weighted by Crippen LogP contribution is -2.54. The molecular weight excluding hydrogens is 162 g/mol. The van der Waals surface area contributed by atoms with Crippen LogP contribution in [-0.2, 0) is 9.84 Å². The molecule has 3 nitrogen and oxygen atoms in total. The molecule has 0 aromatic carbocycles. The van der Waals surface area contributed by atoms with Crippen LogP contribution >= 0.6 is 0 Å². The van der Waals surface area contributed by atoms with Gasteiger partial charge in [-0.3, -0.25) is 0 Å². The fourth-order valence-electron chi connectivity index (χ4n) is 1.29. The van der Waals surface area contributed by atoms with Gasteiger partial charge in [-0.1, -0.05) is 6.92 Å². The van der Waals surface area contributed by atoms with Crippen LogP contribution in [0.1, 0.15) is 13.3 Å². The number of hydrogen-bond acceptors (Lipinski definition) is 3. The summed E-state index contributed by atoms with van der Waals surface area (Å²) in [4.78, 5) is 2.17. The van der Waals surface area contributed by atoms with Crippen LogP contribution in [-0.4, -0.2) is 44.5 Å². The molecule has 0 spiro atoms. The maximum Gasteiger partial charge on any atom is 0.152 e. The second-order valence-corrected chi connectivity index (χ2v) is 5.54. The first kappa shape index (κ1) is 9.00. The molecule has 1 aliphatic rings. The van der Waals surface area contributed by atoms with Crippen LogP contribution in [0.2, 0.25) is 0 Å². The molecule has 1 fully saturated rings. The van der Waals surface area contributed by atoms with Crippen molar-refractivity contribution in [2.75, 3.05) is 25.9 Å². The number of rotatable bonds is 3. The molecule has 1 saturated heterocycles. The van der Waals surface area contributed by atoms with Gasteiger partial charge in [0, 0.05) is 19.3 Å². The summed E-state index contributed by atoms with van der Waals surface area (Å²) in [5.74, 6) is 0. The van der Waals surface area contributed by atoms with Crippen molar-refractivity contribution in [1.29, 1.82) is 0 Å². The summed E-state index contributed by atoms with van der Waals surface area (Å²) < 4.78 is 21.9. The van der Waals surface area contributed by atoms with Crippen molar-refractivity contribution in [3.8, 4) is 0 Å². The van der Waals surface area contributed by atoms with Gasteiger partial charge in [0.1, 0.15) is 0 Å². The fourth-order valence-corrected chi connectivity index (χ4v) is 2.26. The van der Waals surface area contributed by atoms with Gasteiger partial charge in [0.05, 0.1) is 5.25 Å². The fraction of sp³-hybridized carbons (Fsp3) is 1.00. The Bertz CT molecular complexity index is 217. The smallest absolute Gasteiger partial charge is 0.152 e. The van der Waals surface area contributed by atoms with Crippen molar-refractivity contribution in [2.24, 2.45) is 0 Å². The first-order valence-corrected chi connectivity index (χ1v) is 5.90. The molecule has 0 unspecified atom stereocenters. The molecule has 0 aromatic heterocycles. The van der Waals surface area contributed by atoms with Crippen LogP contribution in [0.5, 0.6) is 0 Å². The van der Waals surface area contributed by atoms with Crippen LogP contribution in [0.3, 0.4) is 0 Å². The largest absolute Gasteiger partial charge is 0.301 e. The third-order valence-corrected chi connectivity index (χ3v) is 3.58. The van der Waals surface area contributed by atoms with Crippen molar-refractivity contribution in [3.05, 3.63) is 0 Å². The minimum atomic E-state index is -2.76. The maximum absolute atomic E-state index is 10.9. The Morgan fingerprint density at radius 1 is 1.45 bits per heavy atom. The molecule has 11 heavy (non-hydrogen) atoms. The molecule has 1 heterocycles. The van der Waals surface area contributed by atoms with Gasteiger partial charge in [-0.2, -0.15) is 0 Å². The summed E-state index contributed by atoms with van der Waals surface area (Å²) in [6, 6.07) is 0. The molecule has 0 bridgehead atoms. The first-order valence-electron chi connectivity index (χ1n) is 3.95. The molecule has 0 aliphatic carbocycles. The SMILES string of the molecule is CCCN1CC(S(C)(=O)=O)C1. The van der Waals surface area contributed by atoms with Gasteiger partial charge in [-0.15, -0.1) is 0 Å². The van der Waals surface area contributed by atoms with Crippen molar-refractivity contribution in [1.82, 2.24) is 4.90 Å². The number of hydrogen-bond donors (Lipinski definition) is 0.